The Bertz CT molecular complexity index is 704. The second kappa shape index (κ2) is 7.82. The molecule has 0 spiro atoms. The van der Waals surface area contributed by atoms with Crippen LogP contribution in [0.3, 0.4) is 0 Å². The summed E-state index contributed by atoms with van der Waals surface area (Å²) in [5.74, 6) is 1.15. The van der Waals surface area contributed by atoms with Crippen LogP contribution in [0, 0.1) is 5.92 Å². The first-order chi connectivity index (χ1) is 12.0. The van der Waals surface area contributed by atoms with Crippen molar-refractivity contribution in [1.29, 1.82) is 0 Å². The Morgan fingerprint density at radius 1 is 1.36 bits per heavy atom. The number of rotatable bonds is 3. The number of carbonyl (C=O) groups is 1. The zero-order valence-electron chi connectivity index (χ0n) is 14.6. The van der Waals surface area contributed by atoms with E-state index in [4.69, 9.17) is 17.0 Å². The minimum atomic E-state index is -0.149. The number of thiocarbonyl (C=S) groups is 1. The van der Waals surface area contributed by atoms with Crippen molar-refractivity contribution < 1.29 is 9.53 Å². The molecule has 0 saturated heterocycles. The number of benzene rings is 1. The van der Waals surface area contributed by atoms with E-state index < -0.39 is 0 Å². The molecule has 1 aromatic rings. The average Bonchev–Trinajstić information content (AvgIpc) is 2.61. The van der Waals surface area contributed by atoms with Crippen LogP contribution in [0.15, 0.2) is 23.3 Å². The lowest BCUT2D eigenvalue weighted by atomic mass is 9.86. The van der Waals surface area contributed by atoms with Gasteiger partial charge in [0.2, 0.25) is 0 Å². The molecule has 0 bridgehead atoms. The quantitative estimate of drug-likeness (QED) is 0.439. The molecule has 0 unspecified atom stereocenters. The van der Waals surface area contributed by atoms with Crippen molar-refractivity contribution in [2.45, 2.75) is 45.6 Å². The van der Waals surface area contributed by atoms with Crippen LogP contribution in [0.2, 0.25) is 0 Å². The first kappa shape index (κ1) is 17.7. The lowest BCUT2D eigenvalue weighted by Crippen LogP contribution is -2.44. The maximum absolute atomic E-state index is 11.4. The Labute approximate surface area is 153 Å². The average molecular weight is 360 g/mol. The number of nitrogens with one attached hydrogen (secondary N) is 3. The highest BCUT2D eigenvalue weighted by Crippen LogP contribution is 2.28. The maximum atomic E-state index is 11.4. The van der Waals surface area contributed by atoms with Crippen LogP contribution in [-0.2, 0) is 4.79 Å². The van der Waals surface area contributed by atoms with Gasteiger partial charge in [0.15, 0.2) is 11.7 Å². The molecular weight excluding hydrogens is 336 g/mol. The van der Waals surface area contributed by atoms with E-state index in [0.29, 0.717) is 28.5 Å². The van der Waals surface area contributed by atoms with Crippen molar-refractivity contribution in [3.63, 3.8) is 0 Å². The van der Waals surface area contributed by atoms with E-state index in [2.05, 4.69) is 28.1 Å². The molecule has 134 valence electrons. The number of amides is 1. The molecule has 0 aromatic heterocycles. The van der Waals surface area contributed by atoms with Crippen molar-refractivity contribution in [3.05, 3.63) is 23.8 Å². The Kier molecular flexibility index (Phi) is 5.53. The van der Waals surface area contributed by atoms with Crippen molar-refractivity contribution >= 4 is 34.6 Å². The van der Waals surface area contributed by atoms with Gasteiger partial charge in [-0.2, -0.15) is 5.10 Å². The van der Waals surface area contributed by atoms with E-state index in [1.54, 1.807) is 0 Å². The lowest BCUT2D eigenvalue weighted by Gasteiger charge is -2.30. The van der Waals surface area contributed by atoms with E-state index in [1.165, 1.54) is 19.3 Å². The largest absolute Gasteiger partial charge is 0.482 e. The lowest BCUT2D eigenvalue weighted by molar-refractivity contribution is -0.118. The summed E-state index contributed by atoms with van der Waals surface area (Å²) in [6.07, 6.45) is 4.94. The van der Waals surface area contributed by atoms with Crippen molar-refractivity contribution in [2.75, 3.05) is 11.9 Å². The Hall–Kier alpha value is -2.15. The molecule has 1 amide bonds. The Balaban J connectivity index is 1.60. The molecule has 2 aliphatic rings. The van der Waals surface area contributed by atoms with Crippen LogP contribution in [0.1, 0.15) is 45.1 Å². The topological polar surface area (TPSA) is 74.8 Å². The number of fused-ring (bicyclic) bond motifs is 1. The van der Waals surface area contributed by atoms with Gasteiger partial charge in [-0.3, -0.25) is 10.2 Å². The molecule has 1 aliphatic carbocycles. The van der Waals surface area contributed by atoms with Gasteiger partial charge >= 0.3 is 0 Å². The van der Waals surface area contributed by atoms with Crippen LogP contribution in [0.5, 0.6) is 5.75 Å². The van der Waals surface area contributed by atoms with E-state index in [0.717, 1.165) is 17.7 Å². The minimum absolute atomic E-state index is 0.0561. The molecule has 6 nitrogen and oxygen atoms in total. The van der Waals surface area contributed by atoms with Crippen molar-refractivity contribution in [3.8, 4) is 5.75 Å². The molecule has 0 radical (unpaired) electrons. The normalized spacial score (nSPS) is 23.1. The fraction of sp³-hybridized carbons (Fsp3) is 0.500. The summed E-state index contributed by atoms with van der Waals surface area (Å²) >= 11 is 5.36. The highest BCUT2D eigenvalue weighted by Gasteiger charge is 2.21. The minimum Gasteiger partial charge on any atom is -0.482 e. The summed E-state index contributed by atoms with van der Waals surface area (Å²) in [7, 11) is 0. The molecule has 7 heteroatoms. The second-order valence-corrected chi connectivity index (χ2v) is 7.11. The van der Waals surface area contributed by atoms with Crippen molar-refractivity contribution in [1.82, 2.24) is 10.7 Å². The smallest absolute Gasteiger partial charge is 0.262 e. The molecule has 25 heavy (non-hydrogen) atoms. The molecular formula is C18H24N4O2S. The van der Waals surface area contributed by atoms with Gasteiger partial charge < -0.3 is 15.4 Å². The first-order valence-corrected chi connectivity index (χ1v) is 9.11. The zero-order chi connectivity index (χ0) is 17.8. The molecule has 1 saturated carbocycles. The Morgan fingerprint density at radius 3 is 2.96 bits per heavy atom. The molecule has 1 aromatic carbocycles. The standard InChI is InChI=1S/C18H24N4O2S/c1-11-5-3-4-6-14(11)20-18(25)22-21-12(2)13-7-8-16-15(9-13)19-17(23)10-24-16/h7-9,11,14H,3-6,10H2,1-2H3,(H,19,23)(H2,20,22,25)/b21-12-/t11-,14-/m0/s1. The van der Waals surface area contributed by atoms with Crippen molar-refractivity contribution in [2.24, 2.45) is 11.0 Å². The summed E-state index contributed by atoms with van der Waals surface area (Å²) in [4.78, 5) is 11.4. The van der Waals surface area contributed by atoms with E-state index >= 15 is 0 Å². The van der Waals surface area contributed by atoms with Gasteiger partial charge in [-0.05, 0) is 61.7 Å². The molecule has 1 heterocycles. The third kappa shape index (κ3) is 4.48. The third-order valence-electron chi connectivity index (χ3n) is 4.78. The van der Waals surface area contributed by atoms with Gasteiger partial charge in [-0.25, -0.2) is 0 Å². The summed E-state index contributed by atoms with van der Waals surface area (Å²) in [6.45, 7) is 4.21. The fourth-order valence-corrected chi connectivity index (χ4v) is 3.44. The molecule has 3 rings (SSSR count). The summed E-state index contributed by atoms with van der Waals surface area (Å²) in [6, 6.07) is 6.02. The van der Waals surface area contributed by atoms with Gasteiger partial charge in [0.25, 0.3) is 5.91 Å². The van der Waals surface area contributed by atoms with Gasteiger partial charge in [0, 0.05) is 6.04 Å². The van der Waals surface area contributed by atoms with E-state index in [9.17, 15) is 4.79 Å². The number of nitrogens with zero attached hydrogens (tertiary/aromatic N) is 1. The predicted molar refractivity (Wildman–Crippen MR) is 103 cm³/mol. The number of hydrazone groups is 1. The fourth-order valence-electron chi connectivity index (χ4n) is 3.24. The van der Waals surface area contributed by atoms with Gasteiger partial charge in [0.05, 0.1) is 11.4 Å². The summed E-state index contributed by atoms with van der Waals surface area (Å²) in [5.41, 5.74) is 5.27. The summed E-state index contributed by atoms with van der Waals surface area (Å²) < 4.78 is 5.36. The van der Waals surface area contributed by atoms with Gasteiger partial charge in [-0.15, -0.1) is 0 Å². The number of hydrogen-bond acceptors (Lipinski definition) is 4. The highest BCUT2D eigenvalue weighted by atomic mass is 32.1. The number of ether oxygens (including phenoxy) is 1. The van der Waals surface area contributed by atoms with E-state index in [-0.39, 0.29) is 12.5 Å². The highest BCUT2D eigenvalue weighted by molar-refractivity contribution is 7.80. The second-order valence-electron chi connectivity index (χ2n) is 6.70. The third-order valence-corrected chi connectivity index (χ3v) is 4.99. The number of anilines is 1. The molecule has 1 aliphatic heterocycles. The maximum Gasteiger partial charge on any atom is 0.262 e. The van der Waals surface area contributed by atoms with E-state index in [1.807, 2.05) is 25.1 Å². The first-order valence-electron chi connectivity index (χ1n) is 8.71. The van der Waals surface area contributed by atoms with Gasteiger partial charge in [-0.1, -0.05) is 19.8 Å². The van der Waals surface area contributed by atoms with Crippen LogP contribution < -0.4 is 20.8 Å². The number of carbonyl (C=O) groups excluding carboxylic acids is 1. The van der Waals surface area contributed by atoms with Crippen LogP contribution >= 0.6 is 12.2 Å². The molecule has 3 N–H and O–H groups in total. The van der Waals surface area contributed by atoms with Gasteiger partial charge in [0.1, 0.15) is 5.75 Å². The monoisotopic (exact) mass is 360 g/mol. The Morgan fingerprint density at radius 2 is 2.16 bits per heavy atom. The van der Waals surface area contributed by atoms with Crippen LogP contribution in [-0.4, -0.2) is 29.4 Å². The molecule has 1 fully saturated rings. The predicted octanol–water partition coefficient (Wildman–Crippen LogP) is 2.78. The van der Waals surface area contributed by atoms with Crippen LogP contribution in [0.25, 0.3) is 0 Å². The number of hydrogen-bond donors (Lipinski definition) is 3. The van der Waals surface area contributed by atoms with Crippen LogP contribution in [0.4, 0.5) is 5.69 Å². The summed E-state index contributed by atoms with van der Waals surface area (Å²) in [5, 5.41) is 11.1. The molecule has 2 atom stereocenters. The zero-order valence-corrected chi connectivity index (χ0v) is 15.4. The SMILES string of the molecule is C/C(=N/NC(=S)N[C@H]1CCCC[C@@H]1C)c1ccc2c(c1)NC(=O)CO2.